The molecule has 0 amide bonds. The van der Waals surface area contributed by atoms with Crippen molar-refractivity contribution < 1.29 is 9.90 Å². The van der Waals surface area contributed by atoms with E-state index in [4.69, 9.17) is 0 Å². The van der Waals surface area contributed by atoms with E-state index in [0.29, 0.717) is 12.1 Å². The van der Waals surface area contributed by atoms with Crippen molar-refractivity contribution >= 4 is 22.5 Å². The maximum Gasteiger partial charge on any atom is 0.354 e. The second-order valence-electron chi connectivity index (χ2n) is 5.95. The van der Waals surface area contributed by atoms with E-state index in [1.165, 1.54) is 0 Å². The summed E-state index contributed by atoms with van der Waals surface area (Å²) in [4.78, 5) is 20.0. The zero-order valence-corrected chi connectivity index (χ0v) is 13.9. The highest BCUT2D eigenvalue weighted by molar-refractivity contribution is 5.87. The maximum absolute atomic E-state index is 11.3. The summed E-state index contributed by atoms with van der Waals surface area (Å²) < 4.78 is 1.71. The largest absolute Gasteiger partial charge is 0.477 e. The van der Waals surface area contributed by atoms with Gasteiger partial charge in [0.15, 0.2) is 11.3 Å². The lowest BCUT2D eigenvalue weighted by Gasteiger charge is -2.03. The lowest BCUT2D eigenvalue weighted by molar-refractivity contribution is 0.0690. The standard InChI is InChI=1S/C19H16N4O2/c1-3-14-9-17(19(24)25)21-18-10-16(22-23(14)18)13-6-7-15-12(8-13)5-4-11(2)20-15/h4-10H,3H2,1-2H3,(H,24,25). The smallest absolute Gasteiger partial charge is 0.354 e. The molecule has 0 aliphatic heterocycles. The van der Waals surface area contributed by atoms with Gasteiger partial charge in [-0.05, 0) is 37.6 Å². The second kappa shape index (κ2) is 5.66. The average Bonchev–Trinajstić information content (AvgIpc) is 3.04. The molecule has 0 saturated carbocycles. The summed E-state index contributed by atoms with van der Waals surface area (Å²) in [6.45, 7) is 3.93. The molecular formula is C19H16N4O2. The molecule has 0 spiro atoms. The number of hydrogen-bond acceptors (Lipinski definition) is 4. The lowest BCUT2D eigenvalue weighted by atomic mass is 10.1. The van der Waals surface area contributed by atoms with Crippen LogP contribution in [0.4, 0.5) is 0 Å². The van der Waals surface area contributed by atoms with Gasteiger partial charge in [0.1, 0.15) is 0 Å². The Labute approximate surface area is 143 Å². The number of benzene rings is 1. The molecule has 0 atom stereocenters. The number of carboxylic acid groups (broad SMARTS) is 1. The molecule has 4 rings (SSSR count). The van der Waals surface area contributed by atoms with Crippen molar-refractivity contribution in [1.29, 1.82) is 0 Å². The Morgan fingerprint density at radius 2 is 1.96 bits per heavy atom. The van der Waals surface area contributed by atoms with Gasteiger partial charge in [-0.25, -0.2) is 14.3 Å². The van der Waals surface area contributed by atoms with E-state index in [2.05, 4.69) is 15.1 Å². The highest BCUT2D eigenvalue weighted by Gasteiger charge is 2.13. The first-order chi connectivity index (χ1) is 12.0. The molecule has 3 aromatic heterocycles. The highest BCUT2D eigenvalue weighted by atomic mass is 16.4. The molecule has 0 aliphatic rings. The Kier molecular flexibility index (Phi) is 3.46. The van der Waals surface area contributed by atoms with Crippen molar-refractivity contribution in [3.8, 4) is 11.3 Å². The number of fused-ring (bicyclic) bond motifs is 2. The number of aromatic carboxylic acids is 1. The Balaban J connectivity index is 1.89. The number of rotatable bonds is 3. The van der Waals surface area contributed by atoms with E-state index < -0.39 is 5.97 Å². The Morgan fingerprint density at radius 3 is 2.72 bits per heavy atom. The minimum Gasteiger partial charge on any atom is -0.477 e. The van der Waals surface area contributed by atoms with Gasteiger partial charge in [0.2, 0.25) is 0 Å². The van der Waals surface area contributed by atoms with Crippen LogP contribution in [0.2, 0.25) is 0 Å². The summed E-state index contributed by atoms with van der Waals surface area (Å²) >= 11 is 0. The number of carbonyl (C=O) groups is 1. The third-order valence-electron chi connectivity index (χ3n) is 4.21. The highest BCUT2D eigenvalue weighted by Crippen LogP contribution is 2.24. The molecule has 1 aromatic carbocycles. The van der Waals surface area contributed by atoms with E-state index in [0.717, 1.165) is 33.5 Å². The molecule has 0 bridgehead atoms. The van der Waals surface area contributed by atoms with Crippen LogP contribution in [0, 0.1) is 6.92 Å². The molecule has 3 heterocycles. The Hall–Kier alpha value is -3.28. The SMILES string of the molecule is CCc1cc(C(=O)O)nc2cc(-c3ccc4nc(C)ccc4c3)nn12. The molecule has 0 aliphatic carbocycles. The third kappa shape index (κ3) is 2.61. The summed E-state index contributed by atoms with van der Waals surface area (Å²) in [5.74, 6) is -1.04. The predicted molar refractivity (Wildman–Crippen MR) is 94.8 cm³/mol. The van der Waals surface area contributed by atoms with Crippen molar-refractivity contribution in [3.63, 3.8) is 0 Å². The van der Waals surface area contributed by atoms with Crippen LogP contribution in [0.3, 0.4) is 0 Å². The van der Waals surface area contributed by atoms with E-state index in [9.17, 15) is 9.90 Å². The fourth-order valence-corrected chi connectivity index (χ4v) is 2.93. The quantitative estimate of drug-likeness (QED) is 0.621. The van der Waals surface area contributed by atoms with Gasteiger partial charge in [0.25, 0.3) is 0 Å². The van der Waals surface area contributed by atoms with Crippen LogP contribution in [0.1, 0.15) is 28.8 Å². The van der Waals surface area contributed by atoms with Crippen molar-refractivity contribution in [2.24, 2.45) is 0 Å². The number of aromatic nitrogens is 4. The molecule has 0 radical (unpaired) electrons. The first kappa shape index (κ1) is 15.3. The Bertz CT molecular complexity index is 1130. The molecule has 4 aromatic rings. The van der Waals surface area contributed by atoms with E-state index in [1.54, 1.807) is 10.6 Å². The number of nitrogens with zero attached hydrogens (tertiary/aromatic N) is 4. The third-order valence-corrected chi connectivity index (χ3v) is 4.21. The van der Waals surface area contributed by atoms with Crippen molar-refractivity contribution in [3.05, 3.63) is 59.5 Å². The van der Waals surface area contributed by atoms with Crippen LogP contribution < -0.4 is 0 Å². The molecular weight excluding hydrogens is 316 g/mol. The van der Waals surface area contributed by atoms with Crippen LogP contribution in [-0.2, 0) is 6.42 Å². The first-order valence-electron chi connectivity index (χ1n) is 8.06. The fourth-order valence-electron chi connectivity index (χ4n) is 2.93. The van der Waals surface area contributed by atoms with E-state index >= 15 is 0 Å². The average molecular weight is 332 g/mol. The summed E-state index contributed by atoms with van der Waals surface area (Å²) in [6, 6.07) is 13.4. The van der Waals surface area contributed by atoms with Crippen LogP contribution in [0.15, 0.2) is 42.5 Å². The van der Waals surface area contributed by atoms with Crippen LogP contribution >= 0.6 is 0 Å². The number of hydrogen-bond donors (Lipinski definition) is 1. The van der Waals surface area contributed by atoms with Gasteiger partial charge < -0.3 is 5.11 Å². The summed E-state index contributed by atoms with van der Waals surface area (Å²) in [7, 11) is 0. The number of carboxylic acids is 1. The van der Waals surface area contributed by atoms with Gasteiger partial charge in [-0.15, -0.1) is 0 Å². The molecule has 6 nitrogen and oxygen atoms in total. The van der Waals surface area contributed by atoms with Gasteiger partial charge in [-0.1, -0.05) is 19.1 Å². The van der Waals surface area contributed by atoms with Crippen LogP contribution in [0.5, 0.6) is 0 Å². The van der Waals surface area contributed by atoms with E-state index in [1.807, 2.05) is 50.2 Å². The summed E-state index contributed by atoms with van der Waals surface area (Å²) in [5.41, 5.74) is 5.00. The lowest BCUT2D eigenvalue weighted by Crippen LogP contribution is -2.06. The zero-order valence-electron chi connectivity index (χ0n) is 13.9. The summed E-state index contributed by atoms with van der Waals surface area (Å²) in [5, 5.41) is 14.9. The second-order valence-corrected chi connectivity index (χ2v) is 5.95. The van der Waals surface area contributed by atoms with Crippen molar-refractivity contribution in [1.82, 2.24) is 19.6 Å². The van der Waals surface area contributed by atoms with Crippen LogP contribution in [0.25, 0.3) is 27.8 Å². The van der Waals surface area contributed by atoms with Gasteiger partial charge in [-0.3, -0.25) is 4.98 Å². The number of pyridine rings is 1. The summed E-state index contributed by atoms with van der Waals surface area (Å²) in [6.07, 6.45) is 0.668. The predicted octanol–water partition coefficient (Wildman–Crippen LogP) is 3.51. The van der Waals surface area contributed by atoms with Gasteiger partial charge >= 0.3 is 5.97 Å². The number of aryl methyl sites for hydroxylation is 2. The zero-order chi connectivity index (χ0) is 17.6. The molecule has 0 saturated heterocycles. The van der Waals surface area contributed by atoms with Crippen molar-refractivity contribution in [2.45, 2.75) is 20.3 Å². The maximum atomic E-state index is 11.3. The molecule has 0 unspecified atom stereocenters. The topological polar surface area (TPSA) is 80.4 Å². The van der Waals surface area contributed by atoms with Crippen LogP contribution in [-0.4, -0.2) is 30.7 Å². The minimum atomic E-state index is -1.04. The fraction of sp³-hybridized carbons (Fsp3) is 0.158. The monoisotopic (exact) mass is 332 g/mol. The van der Waals surface area contributed by atoms with Crippen molar-refractivity contribution in [2.75, 3.05) is 0 Å². The molecule has 25 heavy (non-hydrogen) atoms. The first-order valence-corrected chi connectivity index (χ1v) is 8.06. The minimum absolute atomic E-state index is 0.0361. The molecule has 6 heteroatoms. The molecule has 0 fully saturated rings. The molecule has 124 valence electrons. The van der Waals surface area contributed by atoms with Gasteiger partial charge in [-0.2, -0.15) is 5.10 Å². The van der Waals surface area contributed by atoms with E-state index in [-0.39, 0.29) is 5.69 Å². The Morgan fingerprint density at radius 1 is 1.12 bits per heavy atom. The molecule has 1 N–H and O–H groups in total. The van der Waals surface area contributed by atoms with Gasteiger partial charge in [0, 0.05) is 28.4 Å². The normalized spacial score (nSPS) is 11.3. The van der Waals surface area contributed by atoms with Gasteiger partial charge in [0.05, 0.1) is 11.2 Å².